The SMILES string of the molecule is [N-]=[N+]=NCc1ccccc1NS(=O)[O-]. The monoisotopic (exact) mass is 211 g/mol. The van der Waals surface area contributed by atoms with E-state index in [9.17, 15) is 8.76 Å². The van der Waals surface area contributed by atoms with E-state index in [2.05, 4.69) is 14.7 Å². The Bertz CT molecular complexity index is 366. The predicted molar refractivity (Wildman–Crippen MR) is 51.8 cm³/mol. The van der Waals surface area contributed by atoms with Crippen molar-refractivity contribution >= 4 is 17.0 Å². The van der Waals surface area contributed by atoms with Crippen molar-refractivity contribution in [3.63, 3.8) is 0 Å². The third-order valence-corrected chi connectivity index (χ3v) is 1.90. The minimum atomic E-state index is -2.37. The predicted octanol–water partition coefficient (Wildman–Crippen LogP) is 1.70. The lowest BCUT2D eigenvalue weighted by Gasteiger charge is -2.11. The van der Waals surface area contributed by atoms with E-state index in [4.69, 9.17) is 5.53 Å². The molecule has 0 saturated carbocycles. The van der Waals surface area contributed by atoms with Crippen LogP contribution in [0.3, 0.4) is 0 Å². The molecule has 0 aliphatic heterocycles. The van der Waals surface area contributed by atoms with Crippen LogP contribution in [0.25, 0.3) is 10.4 Å². The molecule has 0 bridgehead atoms. The lowest BCUT2D eigenvalue weighted by Crippen LogP contribution is -2.04. The Labute approximate surface area is 83.0 Å². The van der Waals surface area contributed by atoms with E-state index in [-0.39, 0.29) is 6.54 Å². The molecule has 0 aliphatic rings. The third-order valence-electron chi connectivity index (χ3n) is 1.51. The number of nitrogens with zero attached hydrogens (tertiary/aromatic N) is 3. The molecule has 1 atom stereocenters. The first-order valence-electron chi connectivity index (χ1n) is 3.68. The first kappa shape index (κ1) is 10.5. The van der Waals surface area contributed by atoms with E-state index in [0.717, 1.165) is 0 Å². The van der Waals surface area contributed by atoms with Crippen LogP contribution in [-0.2, 0) is 17.8 Å². The summed E-state index contributed by atoms with van der Waals surface area (Å²) in [5.74, 6) is 0. The minimum absolute atomic E-state index is 0.122. The van der Waals surface area contributed by atoms with E-state index in [1.54, 1.807) is 24.3 Å². The summed E-state index contributed by atoms with van der Waals surface area (Å²) in [6, 6.07) is 6.71. The van der Waals surface area contributed by atoms with Gasteiger partial charge >= 0.3 is 0 Å². The fourth-order valence-corrected chi connectivity index (χ4v) is 1.33. The van der Waals surface area contributed by atoms with Crippen LogP contribution in [0.1, 0.15) is 5.56 Å². The number of hydrogen-bond acceptors (Lipinski definition) is 3. The van der Waals surface area contributed by atoms with Gasteiger partial charge in [-0.15, -0.1) is 0 Å². The zero-order valence-electron chi connectivity index (χ0n) is 7.08. The van der Waals surface area contributed by atoms with E-state index >= 15 is 0 Å². The van der Waals surface area contributed by atoms with Crippen molar-refractivity contribution in [2.45, 2.75) is 6.54 Å². The summed E-state index contributed by atoms with van der Waals surface area (Å²) in [5, 5.41) is 3.35. The second-order valence-electron chi connectivity index (χ2n) is 2.38. The lowest BCUT2D eigenvalue weighted by atomic mass is 10.2. The van der Waals surface area contributed by atoms with Crippen LogP contribution >= 0.6 is 0 Å². The maximum atomic E-state index is 10.4. The number of anilines is 1. The molecule has 1 N–H and O–H groups in total. The van der Waals surface area contributed by atoms with Gasteiger partial charge in [0.05, 0.1) is 6.54 Å². The first-order chi connectivity index (χ1) is 6.74. The number of nitrogens with one attached hydrogen (secondary N) is 1. The van der Waals surface area contributed by atoms with Crippen LogP contribution in [0.2, 0.25) is 0 Å². The minimum Gasteiger partial charge on any atom is -0.755 e. The van der Waals surface area contributed by atoms with Crippen LogP contribution in [0.4, 0.5) is 5.69 Å². The van der Waals surface area contributed by atoms with Gasteiger partial charge in [-0.3, -0.25) is 4.21 Å². The highest BCUT2D eigenvalue weighted by Crippen LogP contribution is 2.16. The van der Waals surface area contributed by atoms with Crippen LogP contribution in [0.5, 0.6) is 0 Å². The Hall–Kier alpha value is -1.56. The maximum absolute atomic E-state index is 10.4. The van der Waals surface area contributed by atoms with Crippen LogP contribution in [0.15, 0.2) is 29.4 Å². The number of hydrogen-bond donors (Lipinski definition) is 1. The number of benzene rings is 1. The summed E-state index contributed by atoms with van der Waals surface area (Å²) in [6.45, 7) is 0.122. The molecule has 0 spiro atoms. The Morgan fingerprint density at radius 3 is 2.93 bits per heavy atom. The fraction of sp³-hybridized carbons (Fsp3) is 0.143. The Morgan fingerprint density at radius 1 is 1.57 bits per heavy atom. The molecule has 1 rings (SSSR count). The van der Waals surface area contributed by atoms with Crippen LogP contribution in [-0.4, -0.2) is 8.76 Å². The van der Waals surface area contributed by atoms with Crippen molar-refractivity contribution < 1.29 is 8.76 Å². The van der Waals surface area contributed by atoms with Gasteiger partial charge in [-0.2, -0.15) is 0 Å². The highest BCUT2D eigenvalue weighted by Gasteiger charge is 1.98. The molecular formula is C7H7N4O2S-. The standard InChI is InChI=1S/C7H8N4O2S/c8-11-9-5-6-3-1-2-4-7(6)10-14(12)13/h1-4,10H,5H2,(H,12,13)/p-1. The molecule has 1 unspecified atom stereocenters. The van der Waals surface area contributed by atoms with Crippen molar-refractivity contribution in [3.05, 3.63) is 40.3 Å². The molecule has 0 amide bonds. The van der Waals surface area contributed by atoms with Gasteiger partial charge in [-0.05, 0) is 17.2 Å². The number of rotatable bonds is 4. The molecular weight excluding hydrogens is 204 g/mol. The highest BCUT2D eigenvalue weighted by molar-refractivity contribution is 7.80. The van der Waals surface area contributed by atoms with Gasteiger partial charge in [0.15, 0.2) is 0 Å². The summed E-state index contributed by atoms with van der Waals surface area (Å²) >= 11 is -2.37. The average molecular weight is 211 g/mol. The average Bonchev–Trinajstić information content (AvgIpc) is 2.16. The molecule has 0 heterocycles. The van der Waals surface area contributed by atoms with Crippen molar-refractivity contribution in [2.24, 2.45) is 5.11 Å². The highest BCUT2D eigenvalue weighted by atomic mass is 32.2. The van der Waals surface area contributed by atoms with Gasteiger partial charge in [-0.25, -0.2) is 0 Å². The Kier molecular flexibility index (Phi) is 3.93. The van der Waals surface area contributed by atoms with E-state index in [1.165, 1.54) is 0 Å². The van der Waals surface area contributed by atoms with Crippen molar-refractivity contribution in [2.75, 3.05) is 4.72 Å². The molecule has 1 aromatic rings. The maximum Gasteiger partial charge on any atom is 0.0531 e. The first-order valence-corrected chi connectivity index (χ1v) is 4.76. The summed E-state index contributed by atoms with van der Waals surface area (Å²) in [5.41, 5.74) is 9.17. The Morgan fingerprint density at radius 2 is 2.29 bits per heavy atom. The van der Waals surface area contributed by atoms with Gasteiger partial charge in [0.2, 0.25) is 0 Å². The summed E-state index contributed by atoms with van der Waals surface area (Å²) in [7, 11) is 0. The van der Waals surface area contributed by atoms with Gasteiger partial charge in [0.1, 0.15) is 0 Å². The van der Waals surface area contributed by atoms with Crippen molar-refractivity contribution in [1.29, 1.82) is 0 Å². The van der Waals surface area contributed by atoms with E-state index in [1.807, 2.05) is 0 Å². The topological polar surface area (TPSA) is 101 Å². The molecule has 14 heavy (non-hydrogen) atoms. The summed E-state index contributed by atoms with van der Waals surface area (Å²) in [4.78, 5) is 2.59. The molecule has 74 valence electrons. The molecule has 0 aliphatic carbocycles. The van der Waals surface area contributed by atoms with Gasteiger partial charge in [-0.1, -0.05) is 23.3 Å². The van der Waals surface area contributed by atoms with Gasteiger partial charge in [0, 0.05) is 21.9 Å². The molecule has 0 fully saturated rings. The lowest BCUT2D eigenvalue weighted by molar-refractivity contribution is 0.542. The van der Waals surface area contributed by atoms with Crippen molar-refractivity contribution in [3.8, 4) is 0 Å². The fourth-order valence-electron chi connectivity index (χ4n) is 0.955. The van der Waals surface area contributed by atoms with E-state index in [0.29, 0.717) is 11.3 Å². The molecule has 0 aromatic heterocycles. The summed E-state index contributed by atoms with van der Waals surface area (Å²) in [6.07, 6.45) is 0. The van der Waals surface area contributed by atoms with E-state index < -0.39 is 11.3 Å². The van der Waals surface area contributed by atoms with Crippen LogP contribution < -0.4 is 4.72 Å². The second-order valence-corrected chi connectivity index (χ2v) is 3.06. The Balaban J connectivity index is 2.90. The molecule has 1 aromatic carbocycles. The smallest absolute Gasteiger partial charge is 0.0531 e. The van der Waals surface area contributed by atoms with Gasteiger partial charge < -0.3 is 9.27 Å². The third kappa shape index (κ3) is 3.06. The largest absolute Gasteiger partial charge is 0.755 e. The normalized spacial score (nSPS) is 11.5. The quantitative estimate of drug-likeness (QED) is 0.354. The molecule has 0 saturated heterocycles. The summed E-state index contributed by atoms with van der Waals surface area (Å²) < 4.78 is 23.0. The second kappa shape index (κ2) is 5.23. The zero-order valence-corrected chi connectivity index (χ0v) is 7.90. The molecule has 6 nitrogen and oxygen atoms in total. The molecule has 7 heteroatoms. The zero-order chi connectivity index (χ0) is 10.4. The van der Waals surface area contributed by atoms with Gasteiger partial charge in [0.25, 0.3) is 0 Å². The van der Waals surface area contributed by atoms with Crippen molar-refractivity contribution in [1.82, 2.24) is 0 Å². The number of azide groups is 1. The van der Waals surface area contributed by atoms with Crippen LogP contribution in [0, 0.1) is 0 Å². The number of para-hydroxylation sites is 1. The molecule has 0 radical (unpaired) electrons.